The summed E-state index contributed by atoms with van der Waals surface area (Å²) < 4.78 is 2.28. The molecule has 0 saturated carbocycles. The van der Waals surface area contributed by atoms with Crippen molar-refractivity contribution >= 4 is 16.9 Å². The lowest BCUT2D eigenvalue weighted by atomic mass is 10.2. The summed E-state index contributed by atoms with van der Waals surface area (Å²) in [4.78, 5) is 40.1. The molecule has 0 aliphatic carbocycles. The quantitative estimate of drug-likeness (QED) is 0.872. The van der Waals surface area contributed by atoms with Gasteiger partial charge in [-0.3, -0.25) is 18.7 Å². The molecule has 7 nitrogen and oxygen atoms in total. The Bertz CT molecular complexity index is 819. The third-order valence-corrected chi connectivity index (χ3v) is 3.52. The summed E-state index contributed by atoms with van der Waals surface area (Å²) in [6.45, 7) is 3.86. The van der Waals surface area contributed by atoms with E-state index in [2.05, 4.69) is 10.3 Å². The second-order valence-corrected chi connectivity index (χ2v) is 5.06. The predicted molar refractivity (Wildman–Crippen MR) is 79.4 cm³/mol. The molecule has 0 saturated heterocycles. The SMILES string of the molecule is CC[C@H](C)NC(=O)c1ccc2c(=O)n(C)c(=O)n(C)c2n1. The first-order valence-corrected chi connectivity index (χ1v) is 6.74. The normalized spacial score (nSPS) is 12.4. The number of pyridine rings is 1. The van der Waals surface area contributed by atoms with Crippen LogP contribution in [0, 0.1) is 0 Å². The first-order valence-electron chi connectivity index (χ1n) is 6.74. The van der Waals surface area contributed by atoms with Crippen LogP contribution in [0.15, 0.2) is 21.7 Å². The number of hydrogen-bond donors (Lipinski definition) is 1. The fourth-order valence-corrected chi connectivity index (χ4v) is 1.98. The molecule has 0 spiro atoms. The van der Waals surface area contributed by atoms with Crippen molar-refractivity contribution in [2.45, 2.75) is 26.3 Å². The van der Waals surface area contributed by atoms with Crippen molar-refractivity contribution in [3.63, 3.8) is 0 Å². The van der Waals surface area contributed by atoms with Crippen LogP contribution in [0.2, 0.25) is 0 Å². The second-order valence-electron chi connectivity index (χ2n) is 5.06. The molecule has 1 amide bonds. The molecular weight excluding hydrogens is 272 g/mol. The Morgan fingerprint density at radius 3 is 2.57 bits per heavy atom. The van der Waals surface area contributed by atoms with Gasteiger partial charge in [0.1, 0.15) is 11.3 Å². The molecule has 0 fully saturated rings. The van der Waals surface area contributed by atoms with Crippen molar-refractivity contribution < 1.29 is 4.79 Å². The zero-order valence-electron chi connectivity index (χ0n) is 12.5. The maximum atomic E-state index is 12.1. The zero-order chi connectivity index (χ0) is 15.7. The molecule has 0 bridgehead atoms. The van der Waals surface area contributed by atoms with Crippen molar-refractivity contribution in [2.24, 2.45) is 14.1 Å². The molecule has 112 valence electrons. The number of nitrogens with zero attached hydrogens (tertiary/aromatic N) is 3. The lowest BCUT2D eigenvalue weighted by Gasteiger charge is -2.12. The van der Waals surface area contributed by atoms with Gasteiger partial charge in [0.15, 0.2) is 0 Å². The van der Waals surface area contributed by atoms with Gasteiger partial charge in [-0.1, -0.05) is 6.92 Å². The lowest BCUT2D eigenvalue weighted by molar-refractivity contribution is 0.0934. The number of fused-ring (bicyclic) bond motifs is 1. The van der Waals surface area contributed by atoms with Gasteiger partial charge in [-0.15, -0.1) is 0 Å². The average molecular weight is 290 g/mol. The lowest BCUT2D eigenvalue weighted by Crippen LogP contribution is -2.38. The zero-order valence-corrected chi connectivity index (χ0v) is 12.5. The molecule has 7 heteroatoms. The highest BCUT2D eigenvalue weighted by atomic mass is 16.2. The van der Waals surface area contributed by atoms with Crippen LogP contribution in [0.25, 0.3) is 11.0 Å². The van der Waals surface area contributed by atoms with Crippen molar-refractivity contribution in [1.29, 1.82) is 0 Å². The summed E-state index contributed by atoms with van der Waals surface area (Å²) in [5.41, 5.74) is -0.500. The topological polar surface area (TPSA) is 86.0 Å². The Morgan fingerprint density at radius 1 is 1.29 bits per heavy atom. The Kier molecular flexibility index (Phi) is 3.93. The first kappa shape index (κ1) is 15.0. The number of amides is 1. The molecule has 0 aliphatic heterocycles. The van der Waals surface area contributed by atoms with Crippen LogP contribution in [0.3, 0.4) is 0 Å². The predicted octanol–water partition coefficient (Wildman–Crippen LogP) is 0.160. The number of aryl methyl sites for hydroxylation is 1. The van der Waals surface area contributed by atoms with Crippen molar-refractivity contribution in [1.82, 2.24) is 19.4 Å². The molecule has 0 aliphatic rings. The van der Waals surface area contributed by atoms with Crippen LogP contribution in [0.1, 0.15) is 30.8 Å². The van der Waals surface area contributed by atoms with Gasteiger partial charge in [0.05, 0.1) is 5.39 Å². The minimum absolute atomic E-state index is 0.0301. The number of nitrogens with one attached hydrogen (secondary N) is 1. The van der Waals surface area contributed by atoms with Crippen LogP contribution < -0.4 is 16.6 Å². The first-order chi connectivity index (χ1) is 9.86. The Hall–Kier alpha value is -2.44. The van der Waals surface area contributed by atoms with Crippen LogP contribution >= 0.6 is 0 Å². The van der Waals surface area contributed by atoms with E-state index in [0.717, 1.165) is 11.0 Å². The summed E-state index contributed by atoms with van der Waals surface area (Å²) >= 11 is 0. The van der Waals surface area contributed by atoms with Gasteiger partial charge in [0.25, 0.3) is 11.5 Å². The number of rotatable bonds is 3. The Balaban J connectivity index is 2.60. The van der Waals surface area contributed by atoms with E-state index in [9.17, 15) is 14.4 Å². The van der Waals surface area contributed by atoms with Gasteiger partial charge in [-0.25, -0.2) is 9.78 Å². The van der Waals surface area contributed by atoms with E-state index in [1.54, 1.807) is 0 Å². The van der Waals surface area contributed by atoms with Crippen LogP contribution in [-0.2, 0) is 14.1 Å². The summed E-state index contributed by atoms with van der Waals surface area (Å²) in [7, 11) is 2.93. The van der Waals surface area contributed by atoms with E-state index in [1.807, 2.05) is 13.8 Å². The molecule has 2 aromatic heterocycles. The van der Waals surface area contributed by atoms with E-state index in [-0.39, 0.29) is 23.3 Å². The molecule has 21 heavy (non-hydrogen) atoms. The van der Waals surface area contributed by atoms with Crippen molar-refractivity contribution in [3.8, 4) is 0 Å². The van der Waals surface area contributed by atoms with E-state index < -0.39 is 11.2 Å². The molecular formula is C14H18N4O3. The van der Waals surface area contributed by atoms with E-state index in [0.29, 0.717) is 5.39 Å². The highest BCUT2D eigenvalue weighted by Gasteiger charge is 2.14. The highest BCUT2D eigenvalue weighted by molar-refractivity contribution is 5.94. The van der Waals surface area contributed by atoms with Gasteiger partial charge in [0, 0.05) is 20.1 Å². The largest absolute Gasteiger partial charge is 0.348 e. The monoisotopic (exact) mass is 290 g/mol. The second kappa shape index (κ2) is 5.51. The molecule has 1 N–H and O–H groups in total. The maximum Gasteiger partial charge on any atom is 0.332 e. The average Bonchev–Trinajstić information content (AvgIpc) is 2.49. The highest BCUT2D eigenvalue weighted by Crippen LogP contribution is 2.06. The van der Waals surface area contributed by atoms with E-state index >= 15 is 0 Å². The van der Waals surface area contributed by atoms with E-state index in [4.69, 9.17) is 0 Å². The summed E-state index contributed by atoms with van der Waals surface area (Å²) in [5.74, 6) is -0.320. The molecule has 0 radical (unpaired) electrons. The fraction of sp³-hybridized carbons (Fsp3) is 0.429. The van der Waals surface area contributed by atoms with Gasteiger partial charge in [-0.05, 0) is 25.5 Å². The Morgan fingerprint density at radius 2 is 1.95 bits per heavy atom. The van der Waals surface area contributed by atoms with Crippen LogP contribution in [0.5, 0.6) is 0 Å². The standard InChI is InChI=1S/C14H18N4O3/c1-5-8(2)15-12(19)10-7-6-9-11(16-10)17(3)14(21)18(4)13(9)20/h6-8H,5H2,1-4H3,(H,15,19)/t8-/m0/s1. The molecule has 2 heterocycles. The van der Waals surface area contributed by atoms with Crippen molar-refractivity contribution in [2.75, 3.05) is 0 Å². The van der Waals surface area contributed by atoms with Crippen LogP contribution in [0.4, 0.5) is 0 Å². The number of aromatic nitrogens is 3. The van der Waals surface area contributed by atoms with Crippen LogP contribution in [-0.4, -0.2) is 26.1 Å². The maximum absolute atomic E-state index is 12.1. The number of carbonyl (C=O) groups is 1. The number of carbonyl (C=O) groups excluding carboxylic acids is 1. The third kappa shape index (κ3) is 2.58. The van der Waals surface area contributed by atoms with Crippen molar-refractivity contribution in [3.05, 3.63) is 38.7 Å². The van der Waals surface area contributed by atoms with Gasteiger partial charge in [-0.2, -0.15) is 0 Å². The summed E-state index contributed by atoms with van der Waals surface area (Å²) in [6, 6.07) is 3.05. The molecule has 0 unspecified atom stereocenters. The minimum Gasteiger partial charge on any atom is -0.348 e. The molecule has 1 atom stereocenters. The van der Waals surface area contributed by atoms with Gasteiger partial charge < -0.3 is 5.32 Å². The summed E-state index contributed by atoms with van der Waals surface area (Å²) in [5, 5.41) is 3.10. The van der Waals surface area contributed by atoms with E-state index in [1.165, 1.54) is 30.8 Å². The van der Waals surface area contributed by atoms with Gasteiger partial charge in [0.2, 0.25) is 0 Å². The van der Waals surface area contributed by atoms with Gasteiger partial charge >= 0.3 is 5.69 Å². The molecule has 2 rings (SSSR count). The fourth-order valence-electron chi connectivity index (χ4n) is 1.98. The Labute approximate surface area is 121 Å². The molecule has 2 aromatic rings. The molecule has 0 aromatic carbocycles. The smallest absolute Gasteiger partial charge is 0.332 e. The number of hydrogen-bond acceptors (Lipinski definition) is 4. The summed E-state index contributed by atoms with van der Waals surface area (Å²) in [6.07, 6.45) is 0.804. The minimum atomic E-state index is -0.473. The third-order valence-electron chi connectivity index (χ3n) is 3.52.